The largest absolute Gasteiger partial charge is 0.494 e. The lowest BCUT2D eigenvalue weighted by Crippen LogP contribution is -1.93. The third-order valence-electron chi connectivity index (χ3n) is 2.86. The topological polar surface area (TPSA) is 54.6 Å². The molecule has 112 valence electrons. The molecule has 0 atom stereocenters. The summed E-state index contributed by atoms with van der Waals surface area (Å²) in [6, 6.07) is 12.6. The predicted octanol–water partition coefficient (Wildman–Crippen LogP) is 4.42. The number of benzene rings is 2. The molecular formula is C16H12Cl2N2O2. The average Bonchev–Trinajstić information content (AvgIpc) is 2.51. The molecule has 0 bridgehead atoms. The van der Waals surface area contributed by atoms with Gasteiger partial charge in [0, 0.05) is 5.56 Å². The molecule has 22 heavy (non-hydrogen) atoms. The quantitative estimate of drug-likeness (QED) is 0.600. The lowest BCUT2D eigenvalue weighted by Gasteiger charge is -2.06. The van der Waals surface area contributed by atoms with E-state index in [1.54, 1.807) is 24.3 Å². The minimum Gasteiger partial charge on any atom is -0.494 e. The highest BCUT2D eigenvalue weighted by Gasteiger charge is 2.07. The van der Waals surface area contributed by atoms with E-state index in [0.29, 0.717) is 26.9 Å². The summed E-state index contributed by atoms with van der Waals surface area (Å²) in [5.41, 5.74) is 2.02. The van der Waals surface area contributed by atoms with Gasteiger partial charge in [0.05, 0.1) is 35.0 Å². The molecule has 0 spiro atoms. The Morgan fingerprint density at radius 1 is 1.23 bits per heavy atom. The second-order valence-corrected chi connectivity index (χ2v) is 5.11. The van der Waals surface area contributed by atoms with Crippen LogP contribution in [0, 0.1) is 11.3 Å². The molecule has 2 rings (SSSR count). The molecule has 0 unspecified atom stereocenters. The van der Waals surface area contributed by atoms with Crippen molar-refractivity contribution in [2.75, 3.05) is 7.11 Å². The van der Waals surface area contributed by atoms with E-state index < -0.39 is 0 Å². The summed E-state index contributed by atoms with van der Waals surface area (Å²) in [5, 5.41) is 13.6. The number of methoxy groups -OCH3 is 1. The molecule has 6 heteroatoms. The number of nitriles is 1. The summed E-state index contributed by atoms with van der Waals surface area (Å²) in [4.78, 5) is 5.20. The highest BCUT2D eigenvalue weighted by atomic mass is 35.5. The van der Waals surface area contributed by atoms with Crippen molar-refractivity contribution in [3.63, 3.8) is 0 Å². The maximum absolute atomic E-state index is 8.98. The van der Waals surface area contributed by atoms with Crippen LogP contribution in [0.3, 0.4) is 0 Å². The smallest absolute Gasteiger partial charge is 0.156 e. The van der Waals surface area contributed by atoms with E-state index in [9.17, 15) is 0 Å². The summed E-state index contributed by atoms with van der Waals surface area (Å²) in [7, 11) is 1.50. The molecule has 0 fully saturated rings. The van der Waals surface area contributed by atoms with Gasteiger partial charge in [0.2, 0.25) is 0 Å². The fraction of sp³-hybridized carbons (Fsp3) is 0.125. The van der Waals surface area contributed by atoms with Crippen LogP contribution in [0.1, 0.15) is 16.7 Å². The first kappa shape index (κ1) is 16.2. The molecule has 0 aliphatic heterocycles. The minimum absolute atomic E-state index is 0.206. The average molecular weight is 335 g/mol. The number of rotatable bonds is 5. The van der Waals surface area contributed by atoms with Crippen LogP contribution >= 0.6 is 23.2 Å². The molecular weight excluding hydrogens is 323 g/mol. The summed E-state index contributed by atoms with van der Waals surface area (Å²) in [6.45, 7) is 0.206. The van der Waals surface area contributed by atoms with E-state index in [-0.39, 0.29) is 6.61 Å². The number of ether oxygens (including phenoxy) is 1. The van der Waals surface area contributed by atoms with Gasteiger partial charge in [-0.15, -0.1) is 0 Å². The molecule has 0 heterocycles. The van der Waals surface area contributed by atoms with E-state index in [0.717, 1.165) is 5.56 Å². The fourth-order valence-electron chi connectivity index (χ4n) is 1.81. The van der Waals surface area contributed by atoms with Crippen LogP contribution in [0.15, 0.2) is 41.6 Å². The second-order valence-electron chi connectivity index (χ2n) is 4.29. The van der Waals surface area contributed by atoms with Crippen molar-refractivity contribution in [2.45, 2.75) is 6.61 Å². The number of nitrogens with zero attached hydrogens (tertiary/aromatic N) is 2. The summed E-state index contributed by atoms with van der Waals surface area (Å²) < 4.78 is 5.07. The maximum atomic E-state index is 8.98. The number of hydrogen-bond donors (Lipinski definition) is 0. The van der Waals surface area contributed by atoms with E-state index in [4.69, 9.17) is 38.0 Å². The zero-order valence-electron chi connectivity index (χ0n) is 11.7. The molecule has 0 aliphatic carbocycles. The molecule has 4 nitrogen and oxygen atoms in total. The first-order chi connectivity index (χ1) is 10.7. The van der Waals surface area contributed by atoms with Crippen molar-refractivity contribution < 1.29 is 9.57 Å². The zero-order chi connectivity index (χ0) is 15.9. The van der Waals surface area contributed by atoms with Gasteiger partial charge in [0.15, 0.2) is 5.75 Å². The highest BCUT2D eigenvalue weighted by molar-refractivity contribution is 6.37. The Labute approximate surface area is 138 Å². The van der Waals surface area contributed by atoms with Crippen LogP contribution < -0.4 is 4.74 Å². The Kier molecular flexibility index (Phi) is 5.65. The summed E-state index contributed by atoms with van der Waals surface area (Å²) >= 11 is 12.1. The van der Waals surface area contributed by atoms with Crippen molar-refractivity contribution in [2.24, 2.45) is 5.16 Å². The Morgan fingerprint density at radius 2 is 1.91 bits per heavy atom. The van der Waals surface area contributed by atoms with Gasteiger partial charge in [-0.25, -0.2) is 0 Å². The SMILES string of the molecule is COc1c(Cl)cc(/C=N\OCc2ccccc2C#N)cc1Cl. The zero-order valence-corrected chi connectivity index (χ0v) is 13.2. The van der Waals surface area contributed by atoms with Crippen molar-refractivity contribution in [3.8, 4) is 11.8 Å². The van der Waals surface area contributed by atoms with Gasteiger partial charge in [-0.1, -0.05) is 46.6 Å². The van der Waals surface area contributed by atoms with E-state index in [1.165, 1.54) is 13.3 Å². The van der Waals surface area contributed by atoms with Crippen LogP contribution in [0.5, 0.6) is 5.75 Å². The maximum Gasteiger partial charge on any atom is 0.156 e. The van der Waals surface area contributed by atoms with Gasteiger partial charge < -0.3 is 9.57 Å². The first-order valence-corrected chi connectivity index (χ1v) is 7.07. The lowest BCUT2D eigenvalue weighted by molar-refractivity contribution is 0.132. The second kappa shape index (κ2) is 7.69. The highest BCUT2D eigenvalue weighted by Crippen LogP contribution is 2.33. The number of halogens is 2. The Morgan fingerprint density at radius 3 is 2.55 bits per heavy atom. The van der Waals surface area contributed by atoms with Gasteiger partial charge in [0.1, 0.15) is 6.61 Å². The van der Waals surface area contributed by atoms with Crippen LogP contribution in [0.2, 0.25) is 10.0 Å². The Bertz CT molecular complexity index is 716. The third-order valence-corrected chi connectivity index (χ3v) is 3.42. The molecule has 2 aromatic carbocycles. The molecule has 2 aromatic rings. The third kappa shape index (κ3) is 3.91. The van der Waals surface area contributed by atoms with Gasteiger partial charge in [-0.3, -0.25) is 0 Å². The van der Waals surface area contributed by atoms with E-state index in [2.05, 4.69) is 11.2 Å². The van der Waals surface area contributed by atoms with E-state index in [1.807, 2.05) is 12.1 Å². The molecule has 0 radical (unpaired) electrons. The van der Waals surface area contributed by atoms with Gasteiger partial charge >= 0.3 is 0 Å². The van der Waals surface area contributed by atoms with E-state index >= 15 is 0 Å². The first-order valence-electron chi connectivity index (χ1n) is 6.32. The molecule has 0 aromatic heterocycles. The standard InChI is InChI=1S/C16H12Cl2N2O2/c1-21-16-14(17)6-11(7-15(16)18)9-20-22-10-13-5-3-2-4-12(13)8-19/h2-7,9H,10H2,1H3/b20-9-. The van der Waals surface area contributed by atoms with Crippen LogP contribution in [0.25, 0.3) is 0 Å². The fourth-order valence-corrected chi connectivity index (χ4v) is 2.47. The van der Waals surface area contributed by atoms with Crippen LogP contribution in [-0.2, 0) is 11.4 Å². The summed E-state index contributed by atoms with van der Waals surface area (Å²) in [6.07, 6.45) is 1.49. The van der Waals surface area contributed by atoms with Gasteiger partial charge in [-0.2, -0.15) is 5.26 Å². The van der Waals surface area contributed by atoms with Gasteiger partial charge in [-0.05, 0) is 23.8 Å². The number of oxime groups is 1. The molecule has 0 amide bonds. The monoisotopic (exact) mass is 334 g/mol. The molecule has 0 saturated carbocycles. The normalized spacial score (nSPS) is 10.5. The van der Waals surface area contributed by atoms with Crippen LogP contribution in [-0.4, -0.2) is 13.3 Å². The van der Waals surface area contributed by atoms with Crippen molar-refractivity contribution in [3.05, 3.63) is 63.1 Å². The molecule has 0 N–H and O–H groups in total. The Balaban J connectivity index is 2.03. The molecule has 0 saturated heterocycles. The minimum atomic E-state index is 0.206. The van der Waals surface area contributed by atoms with Crippen molar-refractivity contribution >= 4 is 29.4 Å². The van der Waals surface area contributed by atoms with Crippen LogP contribution in [0.4, 0.5) is 0 Å². The summed E-state index contributed by atoms with van der Waals surface area (Å²) in [5.74, 6) is 0.421. The predicted molar refractivity (Wildman–Crippen MR) is 86.6 cm³/mol. The van der Waals surface area contributed by atoms with Crippen molar-refractivity contribution in [1.82, 2.24) is 0 Å². The van der Waals surface area contributed by atoms with Gasteiger partial charge in [0.25, 0.3) is 0 Å². The van der Waals surface area contributed by atoms with Crippen molar-refractivity contribution in [1.29, 1.82) is 5.26 Å². The number of hydrogen-bond acceptors (Lipinski definition) is 4. The molecule has 0 aliphatic rings. The lowest BCUT2D eigenvalue weighted by atomic mass is 10.1. The Hall–Kier alpha value is -2.22.